The van der Waals surface area contributed by atoms with Gasteiger partial charge in [-0.2, -0.15) is 0 Å². The molecule has 17 atom stereocenters. The summed E-state index contributed by atoms with van der Waals surface area (Å²) < 4.78 is 0. The third-order valence-electron chi connectivity index (χ3n) is 26.4. The van der Waals surface area contributed by atoms with Crippen LogP contribution in [-0.2, 0) is 81.5 Å². The van der Waals surface area contributed by atoms with E-state index in [-0.39, 0.29) is 275 Å². The third-order valence-corrected chi connectivity index (χ3v) is 26.4. The first-order valence-corrected chi connectivity index (χ1v) is 50.1. The molecule has 0 unspecified atom stereocenters. The van der Waals surface area contributed by atoms with E-state index in [0.717, 1.165) is 4.90 Å². The Labute approximate surface area is 842 Å². The molecule has 56 nitrogen and oxygen atoms in total. The average Bonchev–Trinajstić information content (AvgIpc) is 1.68. The molecule has 6 heterocycles. The van der Waals surface area contributed by atoms with Crippen LogP contribution < -0.4 is 131 Å². The van der Waals surface area contributed by atoms with Gasteiger partial charge in [-0.15, -0.1) is 0 Å². The van der Waals surface area contributed by atoms with Crippen LogP contribution in [0.1, 0.15) is 220 Å². The van der Waals surface area contributed by atoms with Crippen LogP contribution in [0.5, 0.6) is 0 Å². The molecule has 6 rings (SSSR count). The molecule has 6 aliphatic heterocycles. The van der Waals surface area contributed by atoms with Gasteiger partial charge in [0.25, 0.3) is 0 Å². The highest BCUT2D eigenvalue weighted by Gasteiger charge is 2.49. The van der Waals surface area contributed by atoms with Crippen LogP contribution >= 0.6 is 0 Å². The summed E-state index contributed by atoms with van der Waals surface area (Å²) in [5, 5.41) is 117. The van der Waals surface area contributed by atoms with Gasteiger partial charge in [0.05, 0.1) is 6.04 Å². The van der Waals surface area contributed by atoms with Crippen LogP contribution in [-0.4, -0.2) is 364 Å². The number of hydrogen-bond donors (Lipinski definition) is 33. The topological polar surface area (TPSA) is 918 Å². The highest BCUT2D eigenvalue weighted by Crippen LogP contribution is 2.31. The van der Waals surface area contributed by atoms with E-state index in [1.54, 1.807) is 27.7 Å². The Morgan fingerprint density at radius 3 is 0.876 bits per heavy atom. The van der Waals surface area contributed by atoms with Crippen molar-refractivity contribution in [3.05, 3.63) is 0 Å². The summed E-state index contributed by atoms with van der Waals surface area (Å²) in [6.07, 6.45) is 2.28. The maximum Gasteiger partial charge on any atom is 0.326 e. The molecule has 0 saturated carbocycles. The lowest BCUT2D eigenvalue weighted by molar-refractivity contribution is -0.148. The van der Waals surface area contributed by atoms with Crippen molar-refractivity contribution >= 4 is 142 Å². The molecule has 0 aromatic carbocycles. The van der Waals surface area contributed by atoms with Gasteiger partial charge in [-0.05, 0) is 192 Å². The van der Waals surface area contributed by atoms with Crippen LogP contribution in [0.2, 0.25) is 0 Å². The van der Waals surface area contributed by atoms with E-state index in [1.807, 2.05) is 0 Å². The summed E-state index contributed by atoms with van der Waals surface area (Å²) in [4.78, 5) is 254. The van der Waals surface area contributed by atoms with Gasteiger partial charge in [0.15, 0.2) is 41.7 Å². The lowest BCUT2D eigenvalue weighted by atomic mass is 9.96. The van der Waals surface area contributed by atoms with Crippen LogP contribution in [0.25, 0.3) is 0 Å². The number of hydrogen-bond acceptors (Lipinski definition) is 25. The minimum absolute atomic E-state index is 0.00155. The number of guanidine groups is 7. The van der Waals surface area contributed by atoms with Gasteiger partial charge >= 0.3 is 11.9 Å². The van der Waals surface area contributed by atoms with Gasteiger partial charge in [-0.3, -0.25) is 115 Å². The van der Waals surface area contributed by atoms with E-state index in [1.165, 1.54) is 24.5 Å². The summed E-state index contributed by atoms with van der Waals surface area (Å²) >= 11 is 0. The summed E-state index contributed by atoms with van der Waals surface area (Å²) in [5.41, 5.74) is 45.0. The number of rotatable bonds is 60. The molecule has 15 amide bonds. The lowest BCUT2D eigenvalue weighted by Crippen LogP contribution is -2.61. The van der Waals surface area contributed by atoms with Crippen LogP contribution in [0.15, 0.2) is 0 Å². The van der Waals surface area contributed by atoms with Crippen LogP contribution in [0.4, 0.5) is 0 Å². The fraction of sp³-hybridized carbons (Fsp3) is 0.730. The van der Waals surface area contributed by atoms with Crippen molar-refractivity contribution < 1.29 is 91.7 Å². The van der Waals surface area contributed by atoms with Gasteiger partial charge in [-0.1, -0.05) is 34.1 Å². The Morgan fingerprint density at radius 2 is 0.552 bits per heavy atom. The van der Waals surface area contributed by atoms with Crippen molar-refractivity contribution in [3.8, 4) is 0 Å². The summed E-state index contributed by atoms with van der Waals surface area (Å²) in [5.74, 6) is -17.5. The van der Waals surface area contributed by atoms with E-state index in [0.29, 0.717) is 25.7 Å². The number of nitrogens with one attached hydrogen (secondary N) is 23. The molecule has 6 aliphatic rings. The first kappa shape index (κ1) is 120. The van der Waals surface area contributed by atoms with E-state index >= 15 is 38.4 Å². The smallest absolute Gasteiger partial charge is 0.326 e. The molecule has 0 radical (unpaired) electrons. The number of carboxylic acids is 2. The Kier molecular flexibility index (Phi) is 49.8. The number of carbonyl (C=O) groups is 17. The predicted molar refractivity (Wildman–Crippen MR) is 531 cm³/mol. The first-order chi connectivity index (χ1) is 68.7. The molecule has 56 heteroatoms. The molecule has 0 aromatic rings. The van der Waals surface area contributed by atoms with Gasteiger partial charge in [-0.25, -0.2) is 4.79 Å². The minimum Gasteiger partial charge on any atom is -0.481 e. The van der Waals surface area contributed by atoms with Crippen molar-refractivity contribution in [1.82, 2.24) is 114 Å². The number of amides is 15. The third kappa shape index (κ3) is 38.8. The summed E-state index contributed by atoms with van der Waals surface area (Å²) in [7, 11) is 0. The van der Waals surface area contributed by atoms with Crippen molar-refractivity contribution in [1.29, 1.82) is 37.9 Å². The zero-order chi connectivity index (χ0) is 107. The molecule has 6 fully saturated rings. The highest BCUT2D eigenvalue weighted by atomic mass is 16.4. The Balaban J connectivity index is 1.19. The number of aliphatic carboxylic acids is 2. The van der Waals surface area contributed by atoms with Crippen LogP contribution in [0.3, 0.4) is 0 Å². The van der Waals surface area contributed by atoms with Gasteiger partial charge in [0, 0.05) is 91.5 Å². The molecule has 0 spiro atoms. The molecular weight excluding hydrogens is 1890 g/mol. The molecule has 6 saturated heterocycles. The largest absolute Gasteiger partial charge is 0.481 e. The normalized spacial score (nSPS) is 19.7. The van der Waals surface area contributed by atoms with Crippen molar-refractivity contribution in [2.75, 3.05) is 85.1 Å². The standard InChI is InChI=1S/C89H157N37O19/c1-5-49(4)66(120-69(131)52(21-8-36-107-85(95)96)112-67(129)50(90)19-6-34-105-83(91)92)75(137)117-55(24-11-39-110-88(101)102)77(139)122-42-13-26-59(122)71(133)115-54(23-10-38-109-87(99)100)78(140)126-46-18-31-64(126)81(143)125-45-17-30-63(125)70(132)113-51(20-7-35-106-84(93)94)68(130)119-58(47-48(2)3)80(142)124-44-16-28-61(124)72(134)114-53(22-9-37-108-86(97)98)76(138)121-41-14-27-60(121)73(135)116-56(32-33-65(127)128)79(141)123-43-15-29-62(123)74(136)118-57(82(144)145)25-12-40-111-89(103)104/h48-64,66H,5-47,90H2,1-4H3,(H,112,129)(H,113,132)(H,114,134)(H,115,133)(H,116,135)(H,117,137)(H,118,136)(H,119,130)(H,120,131)(H,127,128)(H,144,145)(H4,91,92,105)(H4,93,94,106)(H4,95,96,107)(H4,97,98,108)(H4,99,100,109)(H4,101,102,110)(H4,103,104,111)/t49-,50-,51-,52-,53-,54-,55-,56-,57-,58-,59-,60-,61-,62-,63-,64-,66-/m0/s1. The predicted octanol–water partition coefficient (Wildman–Crippen LogP) is -8.49. The minimum atomic E-state index is -1.56. The average molecular weight is 2050 g/mol. The number of nitrogens with zero attached hydrogens (tertiary/aromatic N) is 6. The van der Waals surface area contributed by atoms with Gasteiger partial charge in [0.2, 0.25) is 88.6 Å². The Bertz CT molecular complexity index is 4550. The number of likely N-dealkylation sites (tertiary alicyclic amines) is 6. The Morgan fingerprint density at radius 1 is 0.303 bits per heavy atom. The maximum atomic E-state index is 15.3. The Hall–Kier alpha value is -14.2. The number of carbonyl (C=O) groups excluding carboxylic acids is 15. The molecule has 0 aromatic heterocycles. The van der Waals surface area contributed by atoms with E-state index in [9.17, 15) is 53.4 Å². The second-order valence-electron chi connectivity index (χ2n) is 37.9. The molecule has 812 valence electrons. The summed E-state index contributed by atoms with van der Waals surface area (Å²) in [6, 6.07) is -21.0. The fourth-order valence-corrected chi connectivity index (χ4v) is 18.7. The number of nitrogens with two attached hydrogens (primary N) is 8. The van der Waals surface area contributed by atoms with Crippen molar-refractivity contribution in [2.45, 2.75) is 317 Å². The maximum absolute atomic E-state index is 15.3. The monoisotopic (exact) mass is 2050 g/mol. The quantitative estimate of drug-likeness (QED) is 0.0153. The highest BCUT2D eigenvalue weighted by molar-refractivity contribution is 6.02. The zero-order valence-electron chi connectivity index (χ0n) is 83.4. The van der Waals surface area contributed by atoms with E-state index < -0.39 is 228 Å². The van der Waals surface area contributed by atoms with Gasteiger partial charge < -0.3 is 171 Å². The second-order valence-corrected chi connectivity index (χ2v) is 37.9. The molecule has 0 bridgehead atoms. The summed E-state index contributed by atoms with van der Waals surface area (Å²) in [6.45, 7) is 7.74. The molecule has 145 heavy (non-hydrogen) atoms. The lowest BCUT2D eigenvalue weighted by Gasteiger charge is -2.34. The van der Waals surface area contributed by atoms with Crippen molar-refractivity contribution in [2.24, 2.45) is 57.7 Å². The van der Waals surface area contributed by atoms with Crippen LogP contribution in [0, 0.1) is 49.7 Å². The number of carboxylic acid groups (broad SMARTS) is 2. The van der Waals surface area contributed by atoms with E-state index in [2.05, 4.69) is 85.1 Å². The molecular formula is C89H157N37O19. The molecule has 0 aliphatic carbocycles. The van der Waals surface area contributed by atoms with Crippen molar-refractivity contribution in [3.63, 3.8) is 0 Å². The first-order valence-electron chi connectivity index (χ1n) is 50.1. The SMILES string of the molecule is CC[C@H](C)[C@H](NC(=O)[C@H](CCCNC(=N)N)NC(=O)[C@@H](N)CCCNC(=N)N)C(=O)N[C@@H](CCCNC(=N)N)C(=O)N1CCC[C@H]1C(=O)N[C@@H](CCCNC(=N)N)C(=O)N1CCC[C@H]1C(=O)N1CCC[C@H]1C(=O)N[C@@H](CCCNC(=N)N)C(=O)N[C@@H](CC(C)C)C(=O)N1CCC[C@H]1C(=O)N[C@@H](CCCNC(=N)N)C(=O)N1CCC[C@H]1C(=O)N[C@@H](CCC(=O)O)C(=O)N1CCC[C@H]1C(=O)N[C@@H](CCCNC(=N)N)C(=O)O. The van der Waals surface area contributed by atoms with E-state index in [4.69, 9.17) is 83.7 Å². The second kappa shape index (κ2) is 60.4. The fourth-order valence-electron chi connectivity index (χ4n) is 18.7. The molecule has 41 N–H and O–H groups in total. The van der Waals surface area contributed by atoms with Gasteiger partial charge in [0.1, 0.15) is 90.6 Å². The zero-order valence-corrected chi connectivity index (χ0v) is 83.4.